The summed E-state index contributed by atoms with van der Waals surface area (Å²) in [5.74, 6) is 1.84. The molecule has 1 aromatic rings. The van der Waals surface area contributed by atoms with Gasteiger partial charge in [-0.25, -0.2) is 0 Å². The van der Waals surface area contributed by atoms with Crippen molar-refractivity contribution in [3.8, 4) is 0 Å². The highest BCUT2D eigenvalue weighted by Gasteiger charge is 2.29. The predicted octanol–water partition coefficient (Wildman–Crippen LogP) is 4.42. The molecule has 19 heavy (non-hydrogen) atoms. The van der Waals surface area contributed by atoms with Crippen molar-refractivity contribution in [2.45, 2.75) is 57.9 Å². The summed E-state index contributed by atoms with van der Waals surface area (Å²) in [6.07, 6.45) is 9.60. The highest BCUT2D eigenvalue weighted by Crippen LogP contribution is 2.35. The largest absolute Gasteiger partial charge is 0.317 e. The molecule has 1 nitrogen and oxygen atoms in total. The highest BCUT2D eigenvalue weighted by atomic mass is 14.9. The SMILES string of the molecule is CCC1CCCCC1C(CCc1ccccc1)NC. The molecule has 0 spiro atoms. The Morgan fingerprint density at radius 2 is 1.89 bits per heavy atom. The van der Waals surface area contributed by atoms with E-state index in [0.29, 0.717) is 6.04 Å². The summed E-state index contributed by atoms with van der Waals surface area (Å²) in [6.45, 7) is 2.37. The number of nitrogens with one attached hydrogen (secondary N) is 1. The molecule has 1 N–H and O–H groups in total. The van der Waals surface area contributed by atoms with E-state index in [0.717, 1.165) is 11.8 Å². The molecule has 0 radical (unpaired) electrons. The second-order valence-corrected chi connectivity index (χ2v) is 6.04. The van der Waals surface area contributed by atoms with Crippen molar-refractivity contribution in [3.05, 3.63) is 35.9 Å². The zero-order valence-electron chi connectivity index (χ0n) is 12.6. The lowest BCUT2D eigenvalue weighted by molar-refractivity contribution is 0.174. The smallest absolute Gasteiger partial charge is 0.00981 e. The molecule has 106 valence electrons. The molecular formula is C18H29N. The second kappa shape index (κ2) is 7.69. The van der Waals surface area contributed by atoms with E-state index in [1.165, 1.54) is 50.5 Å². The lowest BCUT2D eigenvalue weighted by Gasteiger charge is -2.37. The summed E-state index contributed by atoms with van der Waals surface area (Å²) < 4.78 is 0. The first-order valence-electron chi connectivity index (χ1n) is 8.06. The Hall–Kier alpha value is -0.820. The first-order valence-corrected chi connectivity index (χ1v) is 8.06. The first-order chi connectivity index (χ1) is 9.35. The fourth-order valence-corrected chi connectivity index (χ4v) is 3.81. The molecular weight excluding hydrogens is 230 g/mol. The molecule has 0 amide bonds. The number of rotatable bonds is 6. The van der Waals surface area contributed by atoms with Crippen LogP contribution in [0.25, 0.3) is 0 Å². The van der Waals surface area contributed by atoms with E-state index in [1.54, 1.807) is 0 Å². The van der Waals surface area contributed by atoms with Crippen LogP contribution in [0.3, 0.4) is 0 Å². The quantitative estimate of drug-likeness (QED) is 0.797. The van der Waals surface area contributed by atoms with Gasteiger partial charge in [0.15, 0.2) is 0 Å². The Balaban J connectivity index is 1.91. The Morgan fingerprint density at radius 1 is 1.16 bits per heavy atom. The molecule has 1 aromatic carbocycles. The topological polar surface area (TPSA) is 12.0 Å². The summed E-state index contributed by atoms with van der Waals surface area (Å²) in [6, 6.07) is 11.6. The van der Waals surface area contributed by atoms with Crippen LogP contribution >= 0.6 is 0 Å². The third-order valence-corrected chi connectivity index (χ3v) is 4.97. The summed E-state index contributed by atoms with van der Waals surface area (Å²) in [5, 5.41) is 3.61. The van der Waals surface area contributed by atoms with Crippen LogP contribution in [0.15, 0.2) is 30.3 Å². The average Bonchev–Trinajstić information content (AvgIpc) is 2.49. The van der Waals surface area contributed by atoms with Gasteiger partial charge in [0.05, 0.1) is 0 Å². The highest BCUT2D eigenvalue weighted by molar-refractivity contribution is 5.14. The van der Waals surface area contributed by atoms with Crippen LogP contribution in [0, 0.1) is 11.8 Å². The monoisotopic (exact) mass is 259 g/mol. The standard InChI is InChI=1S/C18H29N/c1-3-16-11-7-8-12-17(16)18(19-2)14-13-15-9-5-4-6-10-15/h4-6,9-10,16-19H,3,7-8,11-14H2,1-2H3. The number of hydrogen-bond donors (Lipinski definition) is 1. The number of aryl methyl sites for hydroxylation is 1. The first kappa shape index (κ1) is 14.6. The minimum atomic E-state index is 0.699. The molecule has 1 fully saturated rings. The van der Waals surface area contributed by atoms with Crippen molar-refractivity contribution in [1.29, 1.82) is 0 Å². The van der Waals surface area contributed by atoms with E-state index in [2.05, 4.69) is 49.6 Å². The van der Waals surface area contributed by atoms with Crippen molar-refractivity contribution in [2.75, 3.05) is 7.05 Å². The van der Waals surface area contributed by atoms with Crippen LogP contribution in [-0.4, -0.2) is 13.1 Å². The van der Waals surface area contributed by atoms with Crippen molar-refractivity contribution in [2.24, 2.45) is 11.8 Å². The van der Waals surface area contributed by atoms with Gasteiger partial charge in [0.2, 0.25) is 0 Å². The molecule has 0 heterocycles. The van der Waals surface area contributed by atoms with E-state index < -0.39 is 0 Å². The summed E-state index contributed by atoms with van der Waals surface area (Å²) >= 11 is 0. The fraction of sp³-hybridized carbons (Fsp3) is 0.667. The molecule has 0 aromatic heterocycles. The summed E-state index contributed by atoms with van der Waals surface area (Å²) in [5.41, 5.74) is 1.48. The van der Waals surface area contributed by atoms with Gasteiger partial charge >= 0.3 is 0 Å². The maximum Gasteiger partial charge on any atom is 0.00981 e. The van der Waals surface area contributed by atoms with Crippen molar-refractivity contribution < 1.29 is 0 Å². The van der Waals surface area contributed by atoms with Gasteiger partial charge in [0.1, 0.15) is 0 Å². The Labute approximate surface area is 118 Å². The lowest BCUT2D eigenvalue weighted by Crippen LogP contribution is -2.39. The maximum atomic E-state index is 3.61. The molecule has 0 aliphatic heterocycles. The predicted molar refractivity (Wildman–Crippen MR) is 83.3 cm³/mol. The normalized spacial score (nSPS) is 25.2. The third-order valence-electron chi connectivity index (χ3n) is 4.97. The van der Waals surface area contributed by atoms with Crippen LogP contribution in [0.2, 0.25) is 0 Å². The molecule has 1 saturated carbocycles. The average molecular weight is 259 g/mol. The Bertz CT molecular complexity index is 346. The second-order valence-electron chi connectivity index (χ2n) is 6.04. The van der Waals surface area contributed by atoms with E-state index in [-0.39, 0.29) is 0 Å². The molecule has 1 heteroatoms. The minimum Gasteiger partial charge on any atom is -0.317 e. The molecule has 2 rings (SSSR count). The van der Waals surface area contributed by atoms with E-state index in [1.807, 2.05) is 0 Å². The molecule has 1 aliphatic rings. The zero-order valence-corrected chi connectivity index (χ0v) is 12.6. The Morgan fingerprint density at radius 3 is 2.58 bits per heavy atom. The van der Waals surface area contributed by atoms with Crippen LogP contribution in [-0.2, 0) is 6.42 Å². The van der Waals surface area contributed by atoms with Gasteiger partial charge in [0.25, 0.3) is 0 Å². The minimum absolute atomic E-state index is 0.699. The van der Waals surface area contributed by atoms with Gasteiger partial charge in [0, 0.05) is 6.04 Å². The molecule has 0 bridgehead atoms. The van der Waals surface area contributed by atoms with E-state index >= 15 is 0 Å². The fourth-order valence-electron chi connectivity index (χ4n) is 3.81. The lowest BCUT2D eigenvalue weighted by atomic mass is 9.73. The van der Waals surface area contributed by atoms with E-state index in [4.69, 9.17) is 0 Å². The molecule has 3 unspecified atom stereocenters. The zero-order chi connectivity index (χ0) is 13.5. The van der Waals surface area contributed by atoms with Gasteiger partial charge in [-0.05, 0) is 43.7 Å². The molecule has 1 aliphatic carbocycles. The van der Waals surface area contributed by atoms with Crippen LogP contribution in [0.1, 0.15) is 51.0 Å². The van der Waals surface area contributed by atoms with Crippen LogP contribution in [0.4, 0.5) is 0 Å². The third kappa shape index (κ3) is 4.07. The van der Waals surface area contributed by atoms with Crippen molar-refractivity contribution >= 4 is 0 Å². The number of hydrogen-bond acceptors (Lipinski definition) is 1. The van der Waals surface area contributed by atoms with Crippen molar-refractivity contribution in [1.82, 2.24) is 5.32 Å². The molecule has 0 saturated heterocycles. The van der Waals surface area contributed by atoms with Gasteiger partial charge < -0.3 is 5.32 Å². The van der Waals surface area contributed by atoms with Gasteiger partial charge in [-0.15, -0.1) is 0 Å². The van der Waals surface area contributed by atoms with Gasteiger partial charge in [-0.3, -0.25) is 0 Å². The number of benzene rings is 1. The molecule has 3 atom stereocenters. The van der Waals surface area contributed by atoms with Crippen molar-refractivity contribution in [3.63, 3.8) is 0 Å². The van der Waals surface area contributed by atoms with E-state index in [9.17, 15) is 0 Å². The van der Waals surface area contributed by atoms with Gasteiger partial charge in [-0.2, -0.15) is 0 Å². The Kier molecular flexibility index (Phi) is 5.91. The van der Waals surface area contributed by atoms with Crippen LogP contribution in [0.5, 0.6) is 0 Å². The maximum absolute atomic E-state index is 3.61. The summed E-state index contributed by atoms with van der Waals surface area (Å²) in [7, 11) is 2.15. The van der Waals surface area contributed by atoms with Gasteiger partial charge in [-0.1, -0.05) is 62.9 Å². The summed E-state index contributed by atoms with van der Waals surface area (Å²) in [4.78, 5) is 0. The van der Waals surface area contributed by atoms with Crippen LogP contribution < -0.4 is 5.32 Å².